The summed E-state index contributed by atoms with van der Waals surface area (Å²) in [6.45, 7) is -0.0848. The molecule has 11 atom stereocenters. The third-order valence-electron chi connectivity index (χ3n) is 13.4. The first-order valence-electron chi connectivity index (χ1n) is 28.8. The summed E-state index contributed by atoms with van der Waals surface area (Å²) >= 11 is 8.24. The molecule has 0 spiro atoms. The maximum absolute atomic E-state index is 13.7. The van der Waals surface area contributed by atoms with Crippen LogP contribution in [-0.4, -0.2) is 227 Å². The smallest absolute Gasteiger partial charge is 0.326 e. The van der Waals surface area contributed by atoms with Crippen LogP contribution in [0.4, 0.5) is 0 Å². The van der Waals surface area contributed by atoms with E-state index < -0.39 is 176 Å². The Labute approximate surface area is 535 Å². The van der Waals surface area contributed by atoms with Gasteiger partial charge in [0, 0.05) is 31.0 Å². The van der Waals surface area contributed by atoms with Crippen LogP contribution in [0.15, 0.2) is 40.3 Å². The van der Waals surface area contributed by atoms with E-state index in [0.29, 0.717) is 18.4 Å². The number of amides is 11. The molecule has 0 heterocycles. The van der Waals surface area contributed by atoms with Crippen LogP contribution in [0.2, 0.25) is 0 Å². The Morgan fingerprint density at radius 2 is 0.879 bits per heavy atom. The Morgan fingerprint density at radius 3 is 1.35 bits per heavy atom. The van der Waals surface area contributed by atoms with Crippen molar-refractivity contribution in [3.8, 4) is 0 Å². The average molecular weight is 1330 g/mol. The van der Waals surface area contributed by atoms with Crippen LogP contribution in [0.3, 0.4) is 0 Å². The number of hydrogen-bond donors (Lipinski definition) is 23. The lowest BCUT2D eigenvalue weighted by Gasteiger charge is -2.25. The summed E-state index contributed by atoms with van der Waals surface area (Å²) in [4.78, 5) is 179. The maximum atomic E-state index is 13.7. The fraction of sp³-hybridized carbons (Fsp3) is 0.604. The molecule has 0 bridgehead atoms. The number of carbonyl (C=O) groups is 13. The van der Waals surface area contributed by atoms with E-state index in [-0.39, 0.29) is 88.2 Å². The number of nitrogens with one attached hydrogen (secondary N) is 11. The number of nitrogens with two attached hydrogens (primary N) is 6. The number of benzene rings is 1. The molecule has 91 heavy (non-hydrogen) atoms. The zero-order valence-corrected chi connectivity index (χ0v) is 52.3. The second kappa shape index (κ2) is 44.0. The summed E-state index contributed by atoms with van der Waals surface area (Å²) in [6.07, 6.45) is 0.0389. The molecule has 0 aliphatic rings. The third-order valence-corrected chi connectivity index (χ3v) is 14.1. The summed E-state index contributed by atoms with van der Waals surface area (Å²) < 4.78 is 0. The van der Waals surface area contributed by atoms with Crippen LogP contribution < -0.4 is 92.9 Å². The lowest BCUT2D eigenvalue weighted by molar-refractivity contribution is -0.142. The number of aliphatic hydroxyl groups excluding tert-OH is 2. The molecule has 1 aromatic carbocycles. The van der Waals surface area contributed by atoms with Crippen LogP contribution in [-0.2, 0) is 68.7 Å². The lowest BCUT2D eigenvalue weighted by atomic mass is 9.99. The third kappa shape index (κ3) is 32.1. The highest BCUT2D eigenvalue weighted by Crippen LogP contribution is 2.10. The molecule has 0 unspecified atom stereocenters. The van der Waals surface area contributed by atoms with Gasteiger partial charge in [-0.25, -0.2) is 4.79 Å². The minimum atomic E-state index is -1.86. The van der Waals surface area contributed by atoms with Crippen molar-refractivity contribution in [3.63, 3.8) is 0 Å². The number of carboxylic acids is 2. The van der Waals surface area contributed by atoms with E-state index in [1.165, 1.54) is 0 Å². The van der Waals surface area contributed by atoms with E-state index in [1.54, 1.807) is 44.2 Å². The molecule has 1 aromatic rings. The van der Waals surface area contributed by atoms with Gasteiger partial charge in [0.05, 0.1) is 38.8 Å². The second-order valence-corrected chi connectivity index (χ2v) is 21.3. The summed E-state index contributed by atoms with van der Waals surface area (Å²) in [6, 6.07) is -7.05. The number of aliphatic imine (C=N–C) groups is 2. The van der Waals surface area contributed by atoms with Crippen molar-refractivity contribution in [2.45, 2.75) is 138 Å². The number of hydrogen-bond acceptors (Lipinski definition) is 21. The molecule has 1 rings (SSSR count). The molecule has 0 saturated heterocycles. The van der Waals surface area contributed by atoms with E-state index in [1.807, 2.05) is 0 Å². The van der Waals surface area contributed by atoms with Crippen LogP contribution in [0, 0.1) is 5.92 Å². The molecule has 38 heteroatoms. The second-order valence-electron chi connectivity index (χ2n) is 20.6. The fourth-order valence-electron chi connectivity index (χ4n) is 8.00. The van der Waals surface area contributed by atoms with Crippen LogP contribution in [0.25, 0.3) is 0 Å². The van der Waals surface area contributed by atoms with E-state index in [9.17, 15) is 82.8 Å². The Balaban J connectivity index is 3.14. The van der Waals surface area contributed by atoms with Crippen molar-refractivity contribution in [3.05, 3.63) is 35.9 Å². The van der Waals surface area contributed by atoms with Crippen molar-refractivity contribution in [1.29, 1.82) is 0 Å². The van der Waals surface area contributed by atoms with Gasteiger partial charge in [-0.2, -0.15) is 25.3 Å². The number of rotatable bonds is 45. The monoisotopic (exact) mass is 1330 g/mol. The molecule has 11 amide bonds. The molecule has 0 aromatic heterocycles. The van der Waals surface area contributed by atoms with Gasteiger partial charge in [0.1, 0.15) is 54.4 Å². The van der Waals surface area contributed by atoms with Crippen molar-refractivity contribution >= 4 is 114 Å². The summed E-state index contributed by atoms with van der Waals surface area (Å²) in [5.41, 5.74) is 33.5. The van der Waals surface area contributed by atoms with Crippen LogP contribution >= 0.6 is 25.3 Å². The van der Waals surface area contributed by atoms with Gasteiger partial charge < -0.3 is 113 Å². The Morgan fingerprint density at radius 1 is 0.495 bits per heavy atom. The van der Waals surface area contributed by atoms with Gasteiger partial charge >= 0.3 is 11.9 Å². The molecule has 0 saturated carbocycles. The SMILES string of the molecule is CC[C@H](C)[C@H](N)C(=O)N[C@@H](CS)C(=O)N[C@@H](CC(=O)O)C(=O)N[C@@H](Cc1ccccc1)C(=O)NCC(=O)N[C@@H](CO)C(=O)N[C@@H](CO)C(=O)N[C@@H](CS)C(=O)N[C@@H](CCCCN)C(=O)NCC(=O)N[C@@H](CCCN=C(N)N)C(=O)N[C@@H](CCCN=C(N)N)C(=O)O. The van der Waals surface area contributed by atoms with E-state index in [4.69, 9.17) is 34.4 Å². The molecule has 0 fully saturated rings. The molecule has 27 N–H and O–H groups in total. The highest BCUT2D eigenvalue weighted by molar-refractivity contribution is 7.80. The highest BCUT2D eigenvalue weighted by atomic mass is 32.1. The number of carboxylic acid groups (broad SMARTS) is 2. The predicted octanol–water partition coefficient (Wildman–Crippen LogP) is -9.16. The number of carbonyl (C=O) groups excluding carboxylic acids is 11. The predicted molar refractivity (Wildman–Crippen MR) is 335 cm³/mol. The van der Waals surface area contributed by atoms with E-state index in [0.717, 1.165) is 0 Å². The maximum Gasteiger partial charge on any atom is 0.326 e. The van der Waals surface area contributed by atoms with Crippen molar-refractivity contribution < 1.29 is 82.8 Å². The van der Waals surface area contributed by atoms with Gasteiger partial charge in [-0.15, -0.1) is 0 Å². The standard InChI is InChI=1S/C53H89N19O17S2/c1-3-27(2)41(55)50(87)72-37(26-91)49(86)69-33(20-40(77)78)45(82)68-32(19-28-11-5-4-6-12-28)43(80)63-22-39(76)65-34(23-73)46(83)70-35(24-74)47(84)71-36(25-90)48(85)66-29(13-7-8-16-54)42(79)62-21-38(75)64-30(14-9-17-60-52(56)57)44(81)67-31(51(88)89)15-10-18-61-53(58)59/h4-6,11-12,27,29-37,41,73-74,90-91H,3,7-10,13-26,54-55H2,1-2H3,(H,62,79)(H,63,80)(H,64,75)(H,65,76)(H,66,85)(H,67,81)(H,68,82)(H,69,86)(H,70,83)(H,71,84)(H,72,87)(H,77,78)(H,88,89)(H4,56,57,60)(H4,58,59,61)/t27-,29-,30-,31-,32-,33-,34-,35-,36-,37-,41-/m0/s1. The van der Waals surface area contributed by atoms with Gasteiger partial charge in [-0.3, -0.25) is 67.5 Å². The number of thiol groups is 2. The summed E-state index contributed by atoms with van der Waals surface area (Å²) in [7, 11) is 0. The van der Waals surface area contributed by atoms with Gasteiger partial charge in [0.25, 0.3) is 0 Å². The molecule has 36 nitrogen and oxygen atoms in total. The number of aliphatic carboxylic acids is 2. The van der Waals surface area contributed by atoms with Crippen molar-refractivity contribution in [2.24, 2.45) is 50.3 Å². The minimum absolute atomic E-state index is 0.0300. The number of nitrogens with zero attached hydrogens (tertiary/aromatic N) is 2. The Kier molecular flexibility index (Phi) is 38.9. The largest absolute Gasteiger partial charge is 0.481 e. The van der Waals surface area contributed by atoms with Crippen LogP contribution in [0.1, 0.15) is 77.2 Å². The topological polar surface area (TPSA) is 616 Å². The quantitative estimate of drug-likeness (QED) is 0.0125. The van der Waals surface area contributed by atoms with Gasteiger partial charge in [0.15, 0.2) is 11.9 Å². The summed E-state index contributed by atoms with van der Waals surface area (Å²) in [5.74, 6) is -15.5. The fourth-order valence-corrected chi connectivity index (χ4v) is 8.51. The zero-order valence-electron chi connectivity index (χ0n) is 50.5. The minimum Gasteiger partial charge on any atom is -0.481 e. The zero-order chi connectivity index (χ0) is 68.8. The number of aliphatic hydroxyl groups is 2. The van der Waals surface area contributed by atoms with Gasteiger partial charge in [-0.1, -0.05) is 50.6 Å². The number of unbranched alkanes of at least 4 members (excludes halogenated alkanes) is 1. The van der Waals surface area contributed by atoms with E-state index in [2.05, 4.69) is 93.7 Å². The molecule has 0 aliphatic heterocycles. The average Bonchev–Trinajstić information content (AvgIpc) is 2.09. The van der Waals surface area contributed by atoms with Crippen LogP contribution in [0.5, 0.6) is 0 Å². The molecule has 0 aliphatic carbocycles. The van der Waals surface area contributed by atoms with E-state index >= 15 is 0 Å². The van der Waals surface area contributed by atoms with Crippen molar-refractivity contribution in [1.82, 2.24) is 58.5 Å². The number of guanidine groups is 2. The first kappa shape index (κ1) is 80.4. The molecular formula is C53H89N19O17S2. The summed E-state index contributed by atoms with van der Waals surface area (Å²) in [5, 5.41) is 65.1. The first-order chi connectivity index (χ1) is 43.0. The molecular weight excluding hydrogens is 1240 g/mol. The Hall–Kier alpha value is -8.59. The van der Waals surface area contributed by atoms with Gasteiger partial charge in [0.2, 0.25) is 65.0 Å². The Bertz CT molecular complexity index is 2660. The lowest BCUT2D eigenvalue weighted by Crippen LogP contribution is -2.60. The van der Waals surface area contributed by atoms with Gasteiger partial charge in [-0.05, 0) is 63.0 Å². The first-order valence-corrected chi connectivity index (χ1v) is 30.1. The normalized spacial score (nSPS) is 14.5. The highest BCUT2D eigenvalue weighted by Gasteiger charge is 2.35. The molecule has 510 valence electrons. The van der Waals surface area contributed by atoms with Crippen molar-refractivity contribution in [2.75, 3.05) is 57.4 Å². The molecule has 0 radical (unpaired) electrons.